The van der Waals surface area contributed by atoms with Crippen molar-refractivity contribution in [2.24, 2.45) is 5.10 Å². The summed E-state index contributed by atoms with van der Waals surface area (Å²) in [6.07, 6.45) is -0.209. The molecule has 2 aromatic carbocycles. The van der Waals surface area contributed by atoms with E-state index in [0.29, 0.717) is 5.56 Å². The molecule has 0 bridgehead atoms. The third-order valence-electron chi connectivity index (χ3n) is 4.19. The lowest BCUT2D eigenvalue weighted by molar-refractivity contribution is 0.0916. The molecule has 5 nitrogen and oxygen atoms in total. The Labute approximate surface area is 149 Å². The van der Waals surface area contributed by atoms with E-state index < -0.39 is 17.7 Å². The van der Waals surface area contributed by atoms with Gasteiger partial charge in [0, 0.05) is 30.8 Å². The SMILES string of the molecule is CC1=NN(c2ccc(C(=O)NC[C@@H](O)c3ccc(F)c(F)c3)cc2)CC1. The molecule has 3 rings (SSSR count). The number of nitrogens with one attached hydrogen (secondary N) is 1. The summed E-state index contributed by atoms with van der Waals surface area (Å²) >= 11 is 0. The Bertz CT molecular complexity index is 837. The van der Waals surface area contributed by atoms with Crippen LogP contribution in [0.5, 0.6) is 0 Å². The minimum absolute atomic E-state index is 0.110. The highest BCUT2D eigenvalue weighted by atomic mass is 19.2. The highest BCUT2D eigenvalue weighted by Crippen LogP contribution is 2.20. The molecule has 1 amide bonds. The lowest BCUT2D eigenvalue weighted by Gasteiger charge is -2.15. The van der Waals surface area contributed by atoms with E-state index in [2.05, 4.69) is 10.4 Å². The first-order valence-electron chi connectivity index (χ1n) is 8.27. The van der Waals surface area contributed by atoms with Gasteiger partial charge in [-0.1, -0.05) is 6.07 Å². The number of benzene rings is 2. The van der Waals surface area contributed by atoms with E-state index in [-0.39, 0.29) is 18.0 Å². The lowest BCUT2D eigenvalue weighted by atomic mass is 10.1. The monoisotopic (exact) mass is 359 g/mol. The van der Waals surface area contributed by atoms with Crippen LogP contribution in [-0.2, 0) is 0 Å². The van der Waals surface area contributed by atoms with Gasteiger partial charge in [-0.15, -0.1) is 0 Å². The summed E-state index contributed by atoms with van der Waals surface area (Å²) in [6.45, 7) is 2.68. The summed E-state index contributed by atoms with van der Waals surface area (Å²) in [6, 6.07) is 10.1. The first-order chi connectivity index (χ1) is 12.4. The summed E-state index contributed by atoms with van der Waals surface area (Å²) in [4.78, 5) is 12.2. The number of halogens is 2. The molecule has 0 aromatic heterocycles. The minimum atomic E-state index is -1.13. The van der Waals surface area contributed by atoms with Crippen LogP contribution in [0.3, 0.4) is 0 Å². The molecule has 2 N–H and O–H groups in total. The predicted molar refractivity (Wildman–Crippen MR) is 95.2 cm³/mol. The van der Waals surface area contributed by atoms with Crippen LogP contribution in [0.2, 0.25) is 0 Å². The number of anilines is 1. The van der Waals surface area contributed by atoms with Gasteiger partial charge in [0.1, 0.15) is 0 Å². The molecule has 7 heteroatoms. The standard InChI is InChI=1S/C19H19F2N3O2/c1-12-8-9-24(23-12)15-5-2-13(3-6-15)19(26)22-11-18(25)14-4-7-16(20)17(21)10-14/h2-7,10,18,25H,8-9,11H2,1H3,(H,22,26)/t18-/m1/s1. The van der Waals surface area contributed by atoms with Crippen molar-refractivity contribution in [3.05, 3.63) is 65.2 Å². The van der Waals surface area contributed by atoms with Crippen LogP contribution >= 0.6 is 0 Å². The molecule has 0 spiro atoms. The van der Waals surface area contributed by atoms with Crippen LogP contribution in [0.15, 0.2) is 47.6 Å². The number of hydrogen-bond donors (Lipinski definition) is 2. The average molecular weight is 359 g/mol. The quantitative estimate of drug-likeness (QED) is 0.863. The summed E-state index contributed by atoms with van der Waals surface area (Å²) in [5, 5.41) is 18.9. The Morgan fingerprint density at radius 1 is 1.23 bits per heavy atom. The van der Waals surface area contributed by atoms with Crippen LogP contribution in [0.1, 0.15) is 35.4 Å². The van der Waals surface area contributed by atoms with Crippen molar-refractivity contribution in [3.8, 4) is 0 Å². The van der Waals surface area contributed by atoms with E-state index in [0.717, 1.165) is 36.5 Å². The molecule has 0 unspecified atom stereocenters. The van der Waals surface area contributed by atoms with Crippen LogP contribution in [0.4, 0.5) is 14.5 Å². The molecule has 0 fully saturated rings. The maximum atomic E-state index is 13.2. The first kappa shape index (κ1) is 18.0. The largest absolute Gasteiger partial charge is 0.387 e. The van der Waals surface area contributed by atoms with E-state index >= 15 is 0 Å². The third kappa shape index (κ3) is 4.05. The maximum absolute atomic E-state index is 13.2. The number of rotatable bonds is 5. The van der Waals surface area contributed by atoms with Crippen molar-refractivity contribution in [1.29, 1.82) is 0 Å². The second kappa shape index (κ2) is 7.61. The fourth-order valence-corrected chi connectivity index (χ4v) is 2.67. The van der Waals surface area contributed by atoms with Crippen molar-refractivity contribution in [1.82, 2.24) is 5.32 Å². The molecular weight excluding hydrogens is 340 g/mol. The van der Waals surface area contributed by atoms with E-state index in [1.165, 1.54) is 6.07 Å². The number of nitrogens with zero attached hydrogens (tertiary/aromatic N) is 2. The zero-order valence-electron chi connectivity index (χ0n) is 14.2. The van der Waals surface area contributed by atoms with E-state index in [4.69, 9.17) is 0 Å². The zero-order valence-corrected chi connectivity index (χ0v) is 14.2. The van der Waals surface area contributed by atoms with Crippen molar-refractivity contribution >= 4 is 17.3 Å². The summed E-state index contributed by atoms with van der Waals surface area (Å²) in [5.41, 5.74) is 2.60. The third-order valence-corrected chi connectivity index (χ3v) is 4.19. The first-order valence-corrected chi connectivity index (χ1v) is 8.27. The van der Waals surface area contributed by atoms with Crippen LogP contribution in [0.25, 0.3) is 0 Å². The minimum Gasteiger partial charge on any atom is -0.387 e. The molecule has 1 aliphatic rings. The van der Waals surface area contributed by atoms with Crippen molar-refractivity contribution in [3.63, 3.8) is 0 Å². The summed E-state index contributed by atoms with van der Waals surface area (Å²) < 4.78 is 26.1. The topological polar surface area (TPSA) is 64.9 Å². The maximum Gasteiger partial charge on any atom is 0.251 e. The molecular formula is C19H19F2N3O2. The molecule has 136 valence electrons. The fraction of sp³-hybridized carbons (Fsp3) is 0.263. The molecule has 1 aliphatic heterocycles. The van der Waals surface area contributed by atoms with Gasteiger partial charge in [0.05, 0.1) is 11.8 Å². The van der Waals surface area contributed by atoms with Gasteiger partial charge in [0.25, 0.3) is 5.91 Å². The molecule has 0 radical (unpaired) electrons. The predicted octanol–water partition coefficient (Wildman–Crippen LogP) is 3.01. The Hall–Kier alpha value is -2.80. The average Bonchev–Trinajstić information content (AvgIpc) is 3.08. The van der Waals surface area contributed by atoms with Crippen LogP contribution < -0.4 is 10.3 Å². The number of aliphatic hydroxyl groups is 1. The smallest absolute Gasteiger partial charge is 0.251 e. The number of carbonyl (C=O) groups is 1. The lowest BCUT2D eigenvalue weighted by Crippen LogP contribution is -2.28. The Morgan fingerprint density at radius 3 is 2.58 bits per heavy atom. The number of hydrogen-bond acceptors (Lipinski definition) is 4. The van der Waals surface area contributed by atoms with E-state index in [9.17, 15) is 18.7 Å². The van der Waals surface area contributed by atoms with Gasteiger partial charge < -0.3 is 10.4 Å². The van der Waals surface area contributed by atoms with Gasteiger partial charge in [-0.3, -0.25) is 9.80 Å². The summed E-state index contributed by atoms with van der Waals surface area (Å²) in [7, 11) is 0. The Kier molecular flexibility index (Phi) is 5.27. The van der Waals surface area contributed by atoms with Crippen LogP contribution in [0, 0.1) is 11.6 Å². The highest BCUT2D eigenvalue weighted by Gasteiger charge is 2.15. The second-order valence-electron chi connectivity index (χ2n) is 6.15. The number of amides is 1. The van der Waals surface area contributed by atoms with Crippen molar-refractivity contribution < 1.29 is 18.7 Å². The zero-order chi connectivity index (χ0) is 18.7. The number of carbonyl (C=O) groups excluding carboxylic acids is 1. The van der Waals surface area contributed by atoms with Gasteiger partial charge in [-0.05, 0) is 48.9 Å². The van der Waals surface area contributed by atoms with Gasteiger partial charge in [0.2, 0.25) is 0 Å². The molecule has 2 aromatic rings. The van der Waals surface area contributed by atoms with Crippen molar-refractivity contribution in [2.45, 2.75) is 19.4 Å². The Balaban J connectivity index is 1.58. The number of hydrazone groups is 1. The molecule has 1 atom stereocenters. The van der Waals surface area contributed by atoms with Crippen LogP contribution in [-0.4, -0.2) is 29.8 Å². The van der Waals surface area contributed by atoms with Gasteiger partial charge in [-0.2, -0.15) is 5.10 Å². The van der Waals surface area contributed by atoms with E-state index in [1.54, 1.807) is 12.1 Å². The number of aliphatic hydroxyl groups excluding tert-OH is 1. The molecule has 0 saturated heterocycles. The van der Waals surface area contributed by atoms with Crippen molar-refractivity contribution in [2.75, 3.05) is 18.1 Å². The highest BCUT2D eigenvalue weighted by molar-refractivity contribution is 5.94. The molecule has 1 heterocycles. The van der Waals surface area contributed by atoms with E-state index in [1.807, 2.05) is 24.1 Å². The fourth-order valence-electron chi connectivity index (χ4n) is 2.67. The van der Waals surface area contributed by atoms with Gasteiger partial charge in [0.15, 0.2) is 11.6 Å². The molecule has 0 saturated carbocycles. The molecule has 0 aliphatic carbocycles. The Morgan fingerprint density at radius 2 is 1.96 bits per heavy atom. The van der Waals surface area contributed by atoms with Gasteiger partial charge in [-0.25, -0.2) is 8.78 Å². The summed E-state index contributed by atoms with van der Waals surface area (Å²) in [5.74, 6) is -2.38. The molecule has 26 heavy (non-hydrogen) atoms. The second-order valence-corrected chi connectivity index (χ2v) is 6.15. The normalized spacial score (nSPS) is 14.9. The van der Waals surface area contributed by atoms with Gasteiger partial charge >= 0.3 is 0 Å².